The molecule has 136 valence electrons. The van der Waals surface area contributed by atoms with E-state index < -0.39 is 5.97 Å². The molecule has 26 heavy (non-hydrogen) atoms. The summed E-state index contributed by atoms with van der Waals surface area (Å²) in [5, 5.41) is 3.45. The SMILES string of the molecule is COC(=O)c1c(NC(=O)C(Br)=Cc2ccccc2)sc2c1CCC(C)C2. The Labute approximate surface area is 165 Å². The molecule has 1 amide bonds. The van der Waals surface area contributed by atoms with Crippen molar-refractivity contribution >= 4 is 50.2 Å². The molecular formula is C20H20BrNO3S. The summed E-state index contributed by atoms with van der Waals surface area (Å²) < 4.78 is 5.36. The van der Waals surface area contributed by atoms with E-state index in [-0.39, 0.29) is 5.91 Å². The molecule has 0 saturated carbocycles. The molecule has 0 aliphatic heterocycles. The van der Waals surface area contributed by atoms with E-state index in [1.165, 1.54) is 23.3 Å². The molecule has 0 radical (unpaired) electrons. The van der Waals surface area contributed by atoms with Crippen LogP contribution in [0.15, 0.2) is 34.8 Å². The lowest BCUT2D eigenvalue weighted by Gasteiger charge is -2.18. The lowest BCUT2D eigenvalue weighted by molar-refractivity contribution is -0.112. The van der Waals surface area contributed by atoms with Crippen LogP contribution < -0.4 is 5.32 Å². The standard InChI is InChI=1S/C20H20BrNO3S/c1-12-8-9-14-16(10-12)26-19(17(14)20(24)25-2)22-18(23)15(21)11-13-6-4-3-5-7-13/h3-7,11-12H,8-10H2,1-2H3,(H,22,23). The number of fused-ring (bicyclic) bond motifs is 1. The fraction of sp³-hybridized carbons (Fsp3) is 0.300. The summed E-state index contributed by atoms with van der Waals surface area (Å²) in [5.41, 5.74) is 2.45. The van der Waals surface area contributed by atoms with Gasteiger partial charge in [0.15, 0.2) is 0 Å². The number of carbonyl (C=O) groups is 2. The zero-order chi connectivity index (χ0) is 18.7. The Hall–Kier alpha value is -1.92. The summed E-state index contributed by atoms with van der Waals surface area (Å²) in [5.74, 6) is -0.0962. The van der Waals surface area contributed by atoms with Gasteiger partial charge in [-0.1, -0.05) is 37.3 Å². The molecule has 0 spiro atoms. The van der Waals surface area contributed by atoms with Gasteiger partial charge in [0.25, 0.3) is 5.91 Å². The molecule has 1 atom stereocenters. The van der Waals surface area contributed by atoms with E-state index in [0.717, 1.165) is 30.4 Å². The highest BCUT2D eigenvalue weighted by Crippen LogP contribution is 2.40. The highest BCUT2D eigenvalue weighted by molar-refractivity contribution is 9.12. The summed E-state index contributed by atoms with van der Waals surface area (Å²) in [6.07, 6.45) is 4.57. The zero-order valence-corrected chi connectivity index (χ0v) is 17.1. The third kappa shape index (κ3) is 4.07. The van der Waals surface area contributed by atoms with Gasteiger partial charge in [0.1, 0.15) is 5.00 Å². The van der Waals surface area contributed by atoms with Crippen molar-refractivity contribution in [2.24, 2.45) is 5.92 Å². The van der Waals surface area contributed by atoms with Gasteiger partial charge < -0.3 is 10.1 Å². The van der Waals surface area contributed by atoms with Crippen molar-refractivity contribution in [1.29, 1.82) is 0 Å². The number of methoxy groups -OCH3 is 1. The normalized spacial score (nSPS) is 16.7. The first-order valence-electron chi connectivity index (χ1n) is 8.46. The number of thiophene rings is 1. The van der Waals surface area contributed by atoms with Gasteiger partial charge in [-0.15, -0.1) is 11.3 Å². The van der Waals surface area contributed by atoms with Crippen LogP contribution in [0.25, 0.3) is 6.08 Å². The number of anilines is 1. The number of hydrogen-bond acceptors (Lipinski definition) is 4. The minimum atomic E-state index is -0.393. The number of halogens is 1. The van der Waals surface area contributed by atoms with E-state index in [0.29, 0.717) is 21.0 Å². The predicted octanol–water partition coefficient (Wildman–Crippen LogP) is 5.03. The third-order valence-electron chi connectivity index (χ3n) is 4.44. The first-order chi connectivity index (χ1) is 12.5. The molecule has 0 saturated heterocycles. The second kappa shape index (κ2) is 8.18. The van der Waals surface area contributed by atoms with Crippen LogP contribution >= 0.6 is 27.3 Å². The van der Waals surface area contributed by atoms with Gasteiger partial charge in [0.2, 0.25) is 0 Å². The van der Waals surface area contributed by atoms with Crippen molar-refractivity contribution in [3.63, 3.8) is 0 Å². The van der Waals surface area contributed by atoms with E-state index in [4.69, 9.17) is 4.74 Å². The Morgan fingerprint density at radius 1 is 1.31 bits per heavy atom. The van der Waals surface area contributed by atoms with Crippen molar-refractivity contribution in [3.05, 3.63) is 56.4 Å². The average molecular weight is 434 g/mol. The molecular weight excluding hydrogens is 414 g/mol. The van der Waals surface area contributed by atoms with Crippen molar-refractivity contribution in [2.45, 2.75) is 26.2 Å². The molecule has 1 aromatic carbocycles. The van der Waals surface area contributed by atoms with Crippen molar-refractivity contribution < 1.29 is 14.3 Å². The lowest BCUT2D eigenvalue weighted by atomic mass is 9.88. The third-order valence-corrected chi connectivity index (χ3v) is 6.20. The summed E-state index contributed by atoms with van der Waals surface area (Å²) >= 11 is 4.82. The Balaban J connectivity index is 1.88. The molecule has 1 heterocycles. The average Bonchev–Trinajstić information content (AvgIpc) is 2.98. The van der Waals surface area contributed by atoms with E-state index >= 15 is 0 Å². The van der Waals surface area contributed by atoms with Crippen molar-refractivity contribution in [2.75, 3.05) is 12.4 Å². The number of hydrogen-bond donors (Lipinski definition) is 1. The first kappa shape index (κ1) is 18.9. The van der Waals surface area contributed by atoms with Gasteiger partial charge in [-0.05, 0) is 58.3 Å². The molecule has 0 bridgehead atoms. The number of carbonyl (C=O) groups excluding carboxylic acids is 2. The molecule has 6 heteroatoms. The number of amides is 1. The Morgan fingerprint density at radius 2 is 2.04 bits per heavy atom. The number of esters is 1. The number of benzene rings is 1. The second-order valence-corrected chi connectivity index (χ2v) is 8.36. The largest absolute Gasteiger partial charge is 0.465 e. The Kier molecular flexibility index (Phi) is 5.94. The zero-order valence-electron chi connectivity index (χ0n) is 14.7. The molecule has 1 aliphatic rings. The molecule has 2 aromatic rings. The molecule has 1 aromatic heterocycles. The number of nitrogens with one attached hydrogen (secondary N) is 1. The van der Waals surface area contributed by atoms with Crippen LogP contribution in [0, 0.1) is 5.92 Å². The maximum Gasteiger partial charge on any atom is 0.341 e. The fourth-order valence-corrected chi connectivity index (χ4v) is 4.84. The van der Waals surface area contributed by atoms with Crippen LogP contribution in [0.3, 0.4) is 0 Å². The van der Waals surface area contributed by atoms with Crippen molar-refractivity contribution in [3.8, 4) is 0 Å². The summed E-state index contributed by atoms with van der Waals surface area (Å²) in [6.45, 7) is 2.21. The highest BCUT2D eigenvalue weighted by atomic mass is 79.9. The fourth-order valence-electron chi connectivity index (χ4n) is 3.08. The van der Waals surface area contributed by atoms with Gasteiger partial charge in [-0.3, -0.25) is 4.79 Å². The maximum atomic E-state index is 12.6. The van der Waals surface area contributed by atoms with Crippen molar-refractivity contribution in [1.82, 2.24) is 0 Å². The summed E-state index contributed by atoms with van der Waals surface area (Å²) in [7, 11) is 1.37. The van der Waals surface area contributed by atoms with Crippen LogP contribution in [0.1, 0.15) is 39.7 Å². The van der Waals surface area contributed by atoms with Crippen LogP contribution in [0.4, 0.5) is 5.00 Å². The van der Waals surface area contributed by atoms with E-state index in [1.807, 2.05) is 30.3 Å². The molecule has 0 fully saturated rings. The van der Waals surface area contributed by atoms with Crippen LogP contribution in [0.2, 0.25) is 0 Å². The molecule has 1 N–H and O–H groups in total. The summed E-state index contributed by atoms with van der Waals surface area (Å²) in [4.78, 5) is 26.1. The Bertz CT molecular complexity index is 857. The molecule has 3 rings (SSSR count). The van der Waals surface area contributed by atoms with Gasteiger partial charge in [0.05, 0.1) is 17.2 Å². The Morgan fingerprint density at radius 3 is 2.73 bits per heavy atom. The molecule has 1 unspecified atom stereocenters. The van der Waals surface area contributed by atoms with Crippen LogP contribution in [0.5, 0.6) is 0 Å². The minimum absolute atomic E-state index is 0.286. The second-order valence-electron chi connectivity index (χ2n) is 6.40. The van der Waals surface area contributed by atoms with E-state index in [9.17, 15) is 9.59 Å². The monoisotopic (exact) mass is 433 g/mol. The number of rotatable bonds is 4. The maximum absolute atomic E-state index is 12.6. The lowest BCUT2D eigenvalue weighted by Crippen LogP contribution is -2.15. The smallest absolute Gasteiger partial charge is 0.341 e. The van der Waals surface area contributed by atoms with E-state index in [2.05, 4.69) is 28.2 Å². The van der Waals surface area contributed by atoms with Crippen LogP contribution in [-0.2, 0) is 22.4 Å². The first-order valence-corrected chi connectivity index (χ1v) is 10.1. The summed E-state index contributed by atoms with van der Waals surface area (Å²) in [6, 6.07) is 9.58. The van der Waals surface area contributed by atoms with E-state index in [1.54, 1.807) is 6.08 Å². The van der Waals surface area contributed by atoms with Gasteiger partial charge >= 0.3 is 5.97 Å². The van der Waals surface area contributed by atoms with Gasteiger partial charge in [0, 0.05) is 4.88 Å². The quantitative estimate of drug-likeness (QED) is 0.542. The van der Waals surface area contributed by atoms with Gasteiger partial charge in [-0.2, -0.15) is 0 Å². The molecule has 4 nitrogen and oxygen atoms in total. The van der Waals surface area contributed by atoms with Gasteiger partial charge in [-0.25, -0.2) is 4.79 Å². The molecule has 1 aliphatic carbocycles. The van der Waals surface area contributed by atoms with Crippen LogP contribution in [-0.4, -0.2) is 19.0 Å². The predicted molar refractivity (Wildman–Crippen MR) is 109 cm³/mol. The number of ether oxygens (including phenoxy) is 1. The highest BCUT2D eigenvalue weighted by Gasteiger charge is 2.29. The minimum Gasteiger partial charge on any atom is -0.465 e. The topological polar surface area (TPSA) is 55.4 Å².